The van der Waals surface area contributed by atoms with Gasteiger partial charge in [-0.3, -0.25) is 47.9 Å². The minimum atomic E-state index is -1.86. The van der Waals surface area contributed by atoms with Crippen LogP contribution in [0.15, 0.2) is 0 Å². The average molecular weight is 1020 g/mol. The summed E-state index contributed by atoms with van der Waals surface area (Å²) >= 11 is 0. The SMILES string of the molecule is [NH3+]CCCC[C@H](NC(=O)[C@H]([NH3+])CO)C(=O)NCC(=O)N[C@@H](CCC[N+](=O)C=O)C(=O)N[C@@H](CO)C(=O)N[C@H](CO)C(=O)NCC(=O)N[C@H]1CCCNC(=O)[C@H](CO)NC(=O)[C@@H](CCC[N+](=O)C=O)NC1=O. The van der Waals surface area contributed by atoms with Crippen LogP contribution >= 0.6 is 0 Å². The van der Waals surface area contributed by atoms with Gasteiger partial charge in [-0.05, 0) is 44.9 Å². The summed E-state index contributed by atoms with van der Waals surface area (Å²) in [4.78, 5) is 174. The van der Waals surface area contributed by atoms with Gasteiger partial charge < -0.3 is 85.1 Å². The van der Waals surface area contributed by atoms with Crippen molar-refractivity contribution in [3.63, 3.8) is 0 Å². The molecule has 1 heterocycles. The van der Waals surface area contributed by atoms with Gasteiger partial charge in [-0.15, -0.1) is 0 Å². The molecular formula is C39H68N14O18+4. The Morgan fingerprint density at radius 3 is 1.73 bits per heavy atom. The molecule has 0 bridgehead atoms. The van der Waals surface area contributed by atoms with Gasteiger partial charge in [0.05, 0.1) is 49.0 Å². The Morgan fingerprint density at radius 1 is 0.634 bits per heavy atom. The largest absolute Gasteiger partial charge is 0.421 e. The third-order valence-electron chi connectivity index (χ3n) is 10.4. The van der Waals surface area contributed by atoms with Crippen molar-refractivity contribution in [2.24, 2.45) is 0 Å². The number of nitrogens with one attached hydrogen (secondary N) is 10. The summed E-state index contributed by atoms with van der Waals surface area (Å²) < 4.78 is 0.0455. The van der Waals surface area contributed by atoms with Gasteiger partial charge in [0.1, 0.15) is 48.9 Å². The van der Waals surface area contributed by atoms with E-state index in [1.54, 1.807) is 0 Å². The Hall–Kier alpha value is -7.00. The first-order valence-corrected chi connectivity index (χ1v) is 22.6. The van der Waals surface area contributed by atoms with Crippen LogP contribution in [0.1, 0.15) is 57.8 Å². The molecule has 71 heavy (non-hydrogen) atoms. The summed E-state index contributed by atoms with van der Waals surface area (Å²) in [5.41, 5.74) is 7.19. The predicted molar refractivity (Wildman–Crippen MR) is 236 cm³/mol. The Kier molecular flexibility index (Phi) is 30.0. The first-order valence-electron chi connectivity index (χ1n) is 22.6. The van der Waals surface area contributed by atoms with Gasteiger partial charge in [-0.2, -0.15) is 0 Å². The molecule has 32 nitrogen and oxygen atoms in total. The lowest BCUT2D eigenvalue weighted by Crippen LogP contribution is -2.70. The molecule has 32 heteroatoms. The van der Waals surface area contributed by atoms with Gasteiger partial charge >= 0.3 is 12.8 Å². The average Bonchev–Trinajstić information content (AvgIpc) is 3.35. The van der Waals surface area contributed by atoms with Crippen molar-refractivity contribution < 1.29 is 98.9 Å². The molecule has 0 radical (unpaired) electrons. The fourth-order valence-corrected chi connectivity index (χ4v) is 6.37. The van der Waals surface area contributed by atoms with E-state index in [-0.39, 0.29) is 80.4 Å². The van der Waals surface area contributed by atoms with E-state index in [0.29, 0.717) is 19.4 Å². The maximum absolute atomic E-state index is 13.4. The fourth-order valence-electron chi connectivity index (χ4n) is 6.37. The summed E-state index contributed by atoms with van der Waals surface area (Å²) in [6.45, 7) is -5.53. The van der Waals surface area contributed by atoms with Crippen LogP contribution in [0, 0.1) is 9.81 Å². The lowest BCUT2D eigenvalue weighted by molar-refractivity contribution is -0.454. The Morgan fingerprint density at radius 2 is 1.15 bits per heavy atom. The maximum Gasteiger partial charge on any atom is 0.421 e. The van der Waals surface area contributed by atoms with Crippen LogP contribution in [0.4, 0.5) is 0 Å². The number of rotatable bonds is 32. The number of aliphatic hydroxyl groups excluding tert-OH is 4. The van der Waals surface area contributed by atoms with Gasteiger partial charge in [0.15, 0.2) is 6.04 Å². The molecule has 0 aromatic rings. The van der Waals surface area contributed by atoms with E-state index in [1.807, 2.05) is 0 Å². The smallest absolute Gasteiger partial charge is 0.394 e. The normalized spacial score (nSPS) is 18.2. The van der Waals surface area contributed by atoms with E-state index in [0.717, 1.165) is 0 Å². The number of unbranched alkanes of at least 4 members (excludes halogenated alkanes) is 1. The van der Waals surface area contributed by atoms with Crippen LogP contribution in [0.3, 0.4) is 0 Å². The minimum absolute atomic E-state index is 0.0000571. The molecule has 0 aromatic heterocycles. The highest BCUT2D eigenvalue weighted by molar-refractivity contribution is 5.97. The number of quaternary nitrogens is 2. The maximum atomic E-state index is 13.4. The number of nitrogens with zero attached hydrogens (tertiary/aromatic N) is 2. The lowest BCUT2D eigenvalue weighted by Gasteiger charge is -2.26. The molecule has 0 spiro atoms. The van der Waals surface area contributed by atoms with Gasteiger partial charge in [0.25, 0.3) is 5.91 Å². The molecule has 0 aliphatic carbocycles. The Bertz CT molecular complexity index is 1890. The zero-order valence-electron chi connectivity index (χ0n) is 39.0. The molecule has 0 aromatic carbocycles. The topological polar surface area (TPSA) is 501 Å². The van der Waals surface area contributed by atoms with Gasteiger partial charge in [-0.1, -0.05) is 0 Å². The second-order valence-electron chi connectivity index (χ2n) is 16.0. The number of carbonyl (C=O) groups excluding carboxylic acids is 12. The molecule has 1 aliphatic heterocycles. The third kappa shape index (κ3) is 23.9. The molecular weight excluding hydrogens is 953 g/mol. The van der Waals surface area contributed by atoms with Crippen LogP contribution in [0.5, 0.6) is 0 Å². The molecule has 8 atom stereocenters. The summed E-state index contributed by atoms with van der Waals surface area (Å²) in [7, 11) is 0. The quantitative estimate of drug-likeness (QED) is 0.0169. The first-order chi connectivity index (χ1) is 33.8. The van der Waals surface area contributed by atoms with Crippen molar-refractivity contribution in [3.05, 3.63) is 9.81 Å². The van der Waals surface area contributed by atoms with E-state index in [1.165, 1.54) is 0 Å². The van der Waals surface area contributed by atoms with Gasteiger partial charge in [-0.25, -0.2) is 9.59 Å². The van der Waals surface area contributed by atoms with Crippen molar-refractivity contribution in [2.75, 3.05) is 65.7 Å². The highest BCUT2D eigenvalue weighted by Crippen LogP contribution is 2.06. The standard InChI is InChI=1S/C39H64N14O18/c40-10-2-1-6-23(47-32(62)22(41)16-54)33(63)43-14-30(60)46-25(8-4-12-52(70)20-58)37(67)51-29(19-57)39(69)50-28(18-56)35(65)44-15-31(61)45-24-7-3-11-42-34(64)27(17-55)49-38(68)26(48-36(24)66)9-5-13-53(71)21-59/h20-29,54-57H,1-19,40-41H2,(H8-2,42,43,44,45,46,47,48,49,50,51,60,61,62,63,64,65,66,67,68,69)/p+4/t22-,23+,24+,25+,26-,27+,28-,29+/m1/s1. The minimum Gasteiger partial charge on any atom is -0.394 e. The molecule has 0 saturated carbocycles. The Balaban J connectivity index is 3.04. The number of hydrogen-bond acceptors (Lipinski definition) is 18. The van der Waals surface area contributed by atoms with Crippen LogP contribution in [0.2, 0.25) is 0 Å². The molecule has 1 fully saturated rings. The van der Waals surface area contributed by atoms with E-state index >= 15 is 0 Å². The molecule has 0 unspecified atom stereocenters. The molecule has 1 rings (SSSR count). The third-order valence-corrected chi connectivity index (χ3v) is 10.4. The lowest BCUT2D eigenvalue weighted by atomic mass is 10.1. The fraction of sp³-hybridized carbons (Fsp3) is 0.692. The van der Waals surface area contributed by atoms with Gasteiger partial charge in [0, 0.05) is 29.2 Å². The van der Waals surface area contributed by atoms with Crippen molar-refractivity contribution in [3.8, 4) is 0 Å². The van der Waals surface area contributed by atoms with Crippen molar-refractivity contribution in [1.29, 1.82) is 0 Å². The molecule has 20 N–H and O–H groups in total. The van der Waals surface area contributed by atoms with Crippen molar-refractivity contribution in [1.82, 2.24) is 53.2 Å². The molecule has 12 amide bonds. The molecule has 1 aliphatic rings. The molecule has 1 saturated heterocycles. The predicted octanol–water partition coefficient (Wildman–Crippen LogP) is -12.1. The van der Waals surface area contributed by atoms with Crippen molar-refractivity contribution >= 4 is 71.9 Å². The van der Waals surface area contributed by atoms with E-state index in [4.69, 9.17) is 0 Å². The molecule has 398 valence electrons. The van der Waals surface area contributed by atoms with E-state index < -0.39 is 153 Å². The van der Waals surface area contributed by atoms with Crippen LogP contribution in [-0.2, 0) is 57.5 Å². The zero-order valence-corrected chi connectivity index (χ0v) is 39.0. The first kappa shape index (κ1) is 62.0. The van der Waals surface area contributed by atoms with E-state index in [9.17, 15) is 87.8 Å². The monoisotopic (exact) mass is 1020 g/mol. The summed E-state index contributed by atoms with van der Waals surface area (Å²) in [6, 6.07) is -11.6. The van der Waals surface area contributed by atoms with E-state index in [2.05, 4.69) is 64.6 Å². The number of carbonyl (C=O) groups is 12. The van der Waals surface area contributed by atoms with Crippen LogP contribution in [-0.4, -0.2) is 216 Å². The second-order valence-corrected chi connectivity index (χ2v) is 16.0. The number of nitroso groups, excluding NO2 is 2. The summed E-state index contributed by atoms with van der Waals surface area (Å²) in [5.74, 6) is -9.62. The highest BCUT2D eigenvalue weighted by Gasteiger charge is 2.33. The number of amides is 12. The zero-order chi connectivity index (χ0) is 53.5. The highest BCUT2D eigenvalue weighted by atomic mass is 16.3. The number of aliphatic hydroxyl groups is 4. The second kappa shape index (κ2) is 34.3. The van der Waals surface area contributed by atoms with Crippen LogP contribution < -0.4 is 64.6 Å². The summed E-state index contributed by atoms with van der Waals surface area (Å²) in [5, 5.41) is 61.8. The number of hydrogen-bond donors (Lipinski definition) is 16. The van der Waals surface area contributed by atoms with Crippen molar-refractivity contribution in [2.45, 2.75) is 106 Å². The Labute approximate surface area is 405 Å². The van der Waals surface area contributed by atoms with Gasteiger partial charge in [0.2, 0.25) is 66.3 Å². The summed E-state index contributed by atoms with van der Waals surface area (Å²) in [6.07, 6.45) is 0.291. The van der Waals surface area contributed by atoms with Crippen LogP contribution in [0.25, 0.3) is 0 Å².